The molecule has 170 valence electrons. The monoisotopic (exact) mass is 445 g/mol. The third-order valence-electron chi connectivity index (χ3n) is 5.14. The lowest BCUT2D eigenvalue weighted by molar-refractivity contribution is -0.765. The lowest BCUT2D eigenvalue weighted by Gasteiger charge is -2.11. The first-order valence-electron chi connectivity index (χ1n) is 9.98. The minimum absolute atomic E-state index is 0.00267. The number of nitrogens with one attached hydrogen (secondary N) is 1. The quantitative estimate of drug-likeness (QED) is 0.252. The van der Waals surface area contributed by atoms with Gasteiger partial charge in [0, 0.05) is 23.7 Å². The second-order valence-corrected chi connectivity index (χ2v) is 7.30. The highest BCUT2D eigenvalue weighted by atomic mass is 16.6. The molecule has 2 heterocycles. The lowest BCUT2D eigenvalue weighted by Crippen LogP contribution is -2.46. The molecule has 32 heavy (non-hydrogen) atoms. The number of Topliss-reactive ketones (excluding diaryl/α,β-unsaturated/α-hetero) is 1. The maximum atomic E-state index is 12.6. The first kappa shape index (κ1) is 23.5. The van der Waals surface area contributed by atoms with Gasteiger partial charge < -0.3 is 30.1 Å². The van der Waals surface area contributed by atoms with Crippen LogP contribution in [0.3, 0.4) is 0 Å². The Labute approximate surface area is 184 Å². The van der Waals surface area contributed by atoms with Crippen molar-refractivity contribution >= 4 is 23.3 Å². The summed E-state index contributed by atoms with van der Waals surface area (Å²) < 4.78 is 11.4. The molecule has 0 radical (unpaired) electrons. The van der Waals surface area contributed by atoms with Crippen molar-refractivity contribution in [3.8, 4) is 0 Å². The summed E-state index contributed by atoms with van der Waals surface area (Å²) in [6, 6.07) is 9.42. The Kier molecular flexibility index (Phi) is 7.65. The number of carbonyl (C=O) groups is 3. The summed E-state index contributed by atoms with van der Waals surface area (Å²) in [5.74, 6) is -1.11. The topological polar surface area (TPSA) is 146 Å². The number of aliphatic hydroxyl groups excluding tert-OH is 3. The van der Waals surface area contributed by atoms with Crippen molar-refractivity contribution in [3.63, 3.8) is 0 Å². The summed E-state index contributed by atoms with van der Waals surface area (Å²) in [7, 11) is 1.26. The number of aliphatic hydroxyl groups is 3. The number of anilines is 1. The summed E-state index contributed by atoms with van der Waals surface area (Å²) in [5.41, 5.74) is 1.14. The average Bonchev–Trinajstić information content (AvgIpc) is 3.11. The van der Waals surface area contributed by atoms with Crippen LogP contribution < -0.4 is 9.88 Å². The van der Waals surface area contributed by atoms with Crippen LogP contribution in [-0.4, -0.2) is 65.0 Å². The first-order valence-corrected chi connectivity index (χ1v) is 9.98. The first-order chi connectivity index (χ1) is 15.3. The van der Waals surface area contributed by atoms with Gasteiger partial charge in [0.1, 0.15) is 17.8 Å². The molecule has 1 aliphatic rings. The van der Waals surface area contributed by atoms with Crippen molar-refractivity contribution in [2.75, 3.05) is 19.0 Å². The van der Waals surface area contributed by atoms with Crippen molar-refractivity contribution < 1.29 is 43.7 Å². The SMILES string of the molecule is COC(=O)CCC(=O)c1ccc(NC(=O)c2ccc[n+]([C@@H]3O[C@H](CO)[C@@H](O)[C@H]3O)c2)cc1. The van der Waals surface area contributed by atoms with E-state index in [9.17, 15) is 29.7 Å². The normalized spacial score (nSPS) is 22.4. The number of esters is 1. The van der Waals surface area contributed by atoms with Gasteiger partial charge in [-0.05, 0) is 30.3 Å². The Bertz CT molecular complexity index is 978. The number of hydrogen-bond acceptors (Lipinski definition) is 8. The molecule has 10 heteroatoms. The molecule has 1 fully saturated rings. The predicted molar refractivity (Wildman–Crippen MR) is 110 cm³/mol. The molecule has 2 aromatic rings. The molecule has 3 rings (SSSR count). The van der Waals surface area contributed by atoms with E-state index in [-0.39, 0.29) is 24.2 Å². The van der Waals surface area contributed by atoms with Crippen LogP contribution in [0.5, 0.6) is 0 Å². The Morgan fingerprint density at radius 2 is 1.78 bits per heavy atom. The van der Waals surface area contributed by atoms with Gasteiger partial charge in [-0.2, -0.15) is 4.57 Å². The van der Waals surface area contributed by atoms with Gasteiger partial charge in [0.25, 0.3) is 12.1 Å². The van der Waals surface area contributed by atoms with Crippen molar-refractivity contribution in [3.05, 3.63) is 59.9 Å². The number of ether oxygens (including phenoxy) is 2. The highest BCUT2D eigenvalue weighted by molar-refractivity contribution is 6.04. The second kappa shape index (κ2) is 10.4. The van der Waals surface area contributed by atoms with Gasteiger partial charge in [-0.1, -0.05) is 0 Å². The summed E-state index contributed by atoms with van der Waals surface area (Å²) in [6.45, 7) is -0.448. The van der Waals surface area contributed by atoms with Crippen LogP contribution >= 0.6 is 0 Å². The molecule has 0 aliphatic carbocycles. The number of methoxy groups -OCH3 is 1. The van der Waals surface area contributed by atoms with Crippen molar-refractivity contribution in [2.45, 2.75) is 37.4 Å². The predicted octanol–water partition coefficient (Wildman–Crippen LogP) is -0.0262. The smallest absolute Gasteiger partial charge is 0.305 e. The zero-order chi connectivity index (χ0) is 23.3. The average molecular weight is 445 g/mol. The maximum Gasteiger partial charge on any atom is 0.305 e. The van der Waals surface area contributed by atoms with E-state index >= 15 is 0 Å². The molecular formula is C22H25N2O8+. The van der Waals surface area contributed by atoms with Crippen LogP contribution in [0.2, 0.25) is 0 Å². The fourth-order valence-corrected chi connectivity index (χ4v) is 3.32. The number of benzene rings is 1. The third kappa shape index (κ3) is 5.35. The minimum Gasteiger partial charge on any atom is -0.469 e. The van der Waals surface area contributed by atoms with Gasteiger partial charge in [0.15, 0.2) is 24.3 Å². The van der Waals surface area contributed by atoms with Crippen LogP contribution in [0.25, 0.3) is 0 Å². The summed E-state index contributed by atoms with van der Waals surface area (Å²) >= 11 is 0. The Balaban J connectivity index is 1.64. The molecule has 1 saturated heterocycles. The van der Waals surface area contributed by atoms with Crippen molar-refractivity contribution in [1.29, 1.82) is 0 Å². The van der Waals surface area contributed by atoms with Gasteiger partial charge in [-0.3, -0.25) is 14.4 Å². The largest absolute Gasteiger partial charge is 0.469 e. The van der Waals surface area contributed by atoms with Crippen molar-refractivity contribution in [2.24, 2.45) is 0 Å². The van der Waals surface area contributed by atoms with Gasteiger partial charge in [-0.15, -0.1) is 0 Å². The Morgan fingerprint density at radius 3 is 2.41 bits per heavy atom. The second-order valence-electron chi connectivity index (χ2n) is 7.30. The lowest BCUT2D eigenvalue weighted by atomic mass is 10.1. The highest BCUT2D eigenvalue weighted by Crippen LogP contribution is 2.25. The number of pyridine rings is 1. The van der Waals surface area contributed by atoms with E-state index in [0.717, 1.165) is 0 Å². The molecule has 1 aromatic carbocycles. The standard InChI is InChI=1S/C22H24N2O8/c1-31-18(27)9-8-16(26)13-4-6-15(7-5-13)23-21(30)14-3-2-10-24(11-14)22-20(29)19(28)17(12-25)32-22/h2-7,10-11,17,19-20,22,25,28-29H,8-9,12H2,1H3/p+1/t17-,19-,20-,22-/m1/s1. The molecule has 0 unspecified atom stereocenters. The van der Waals surface area contributed by atoms with Crippen LogP contribution in [-0.2, 0) is 14.3 Å². The fourth-order valence-electron chi connectivity index (χ4n) is 3.32. The van der Waals surface area contributed by atoms with E-state index in [1.807, 2.05) is 0 Å². The zero-order valence-electron chi connectivity index (χ0n) is 17.4. The third-order valence-corrected chi connectivity index (χ3v) is 5.14. The summed E-state index contributed by atoms with van der Waals surface area (Å²) in [4.78, 5) is 35.9. The molecule has 1 aliphatic heterocycles. The number of hydrogen-bond donors (Lipinski definition) is 4. The molecule has 4 N–H and O–H groups in total. The fraction of sp³-hybridized carbons (Fsp3) is 0.364. The molecule has 4 atom stereocenters. The van der Waals surface area contributed by atoms with Crippen LogP contribution in [0.1, 0.15) is 39.8 Å². The van der Waals surface area contributed by atoms with E-state index in [2.05, 4.69) is 10.1 Å². The van der Waals surface area contributed by atoms with Crippen molar-refractivity contribution in [1.82, 2.24) is 0 Å². The minimum atomic E-state index is -1.26. The van der Waals surface area contributed by atoms with E-state index in [4.69, 9.17) is 4.74 Å². The van der Waals surface area contributed by atoms with E-state index in [0.29, 0.717) is 11.3 Å². The molecule has 10 nitrogen and oxygen atoms in total. The maximum absolute atomic E-state index is 12.6. The van der Waals surface area contributed by atoms with E-state index < -0.39 is 43.0 Å². The molecule has 1 amide bonds. The van der Waals surface area contributed by atoms with Crippen LogP contribution in [0.4, 0.5) is 5.69 Å². The van der Waals surface area contributed by atoms with E-state index in [1.165, 1.54) is 17.9 Å². The number of ketones is 1. The van der Waals surface area contributed by atoms with Gasteiger partial charge in [-0.25, -0.2) is 0 Å². The number of rotatable bonds is 8. The van der Waals surface area contributed by atoms with Gasteiger partial charge in [0.05, 0.1) is 20.1 Å². The number of carbonyl (C=O) groups excluding carboxylic acids is 3. The zero-order valence-corrected chi connectivity index (χ0v) is 17.4. The molecule has 1 aromatic heterocycles. The Morgan fingerprint density at radius 1 is 1.06 bits per heavy atom. The summed E-state index contributed by atoms with van der Waals surface area (Å²) in [5, 5.41) is 32.0. The number of amides is 1. The van der Waals surface area contributed by atoms with E-state index in [1.54, 1.807) is 42.6 Å². The van der Waals surface area contributed by atoms with Gasteiger partial charge >= 0.3 is 5.97 Å². The highest BCUT2D eigenvalue weighted by Gasteiger charge is 2.48. The van der Waals surface area contributed by atoms with Gasteiger partial charge in [0.2, 0.25) is 0 Å². The molecule has 0 saturated carbocycles. The van der Waals surface area contributed by atoms with Crippen LogP contribution in [0.15, 0.2) is 48.8 Å². The molecule has 0 bridgehead atoms. The molecular weight excluding hydrogens is 420 g/mol. The number of nitrogens with zero attached hydrogens (tertiary/aromatic N) is 1. The summed E-state index contributed by atoms with van der Waals surface area (Å²) in [6.07, 6.45) is -1.32. The Hall–Kier alpha value is -3.18. The van der Waals surface area contributed by atoms with Crippen LogP contribution in [0, 0.1) is 0 Å². The molecule has 0 spiro atoms. The number of aromatic nitrogens is 1.